The van der Waals surface area contributed by atoms with Gasteiger partial charge in [-0.2, -0.15) is 0 Å². The summed E-state index contributed by atoms with van der Waals surface area (Å²) in [5.41, 5.74) is 1.02. The average Bonchev–Trinajstić information content (AvgIpc) is 2.49. The molecule has 0 radical (unpaired) electrons. The summed E-state index contributed by atoms with van der Waals surface area (Å²) in [5, 5.41) is 9.88. The quantitative estimate of drug-likeness (QED) is 0.894. The normalized spacial score (nSPS) is 12.1. The Morgan fingerprint density at radius 1 is 1.39 bits per heavy atom. The van der Waals surface area contributed by atoms with Crippen LogP contribution in [0.4, 0.5) is 0 Å². The molecule has 1 heterocycles. The van der Waals surface area contributed by atoms with Gasteiger partial charge in [0.05, 0.1) is 17.1 Å². The van der Waals surface area contributed by atoms with Crippen LogP contribution < -0.4 is 0 Å². The van der Waals surface area contributed by atoms with Gasteiger partial charge in [0.15, 0.2) is 0 Å². The molecule has 1 aromatic rings. The molecule has 0 saturated heterocycles. The van der Waals surface area contributed by atoms with E-state index in [1.54, 1.807) is 11.3 Å². The second-order valence-corrected chi connectivity index (χ2v) is 6.77. The molecule has 102 valence electrons. The monoisotopic (exact) mass is 270 g/mol. The Kier molecular flexibility index (Phi) is 4.87. The number of aliphatic carboxylic acids is 1. The topological polar surface area (TPSA) is 53.4 Å². The summed E-state index contributed by atoms with van der Waals surface area (Å²) in [6, 6.07) is 0. The molecule has 0 spiro atoms. The van der Waals surface area contributed by atoms with Crippen LogP contribution in [-0.4, -0.2) is 33.0 Å². The van der Waals surface area contributed by atoms with Crippen molar-refractivity contribution >= 4 is 17.3 Å². The van der Waals surface area contributed by atoms with Crippen molar-refractivity contribution in [3.05, 3.63) is 15.6 Å². The Morgan fingerprint density at radius 3 is 2.39 bits per heavy atom. The first-order valence-electron chi connectivity index (χ1n) is 6.10. The molecule has 0 fully saturated rings. The molecule has 0 atom stereocenters. The van der Waals surface area contributed by atoms with Crippen molar-refractivity contribution in [2.45, 2.75) is 53.1 Å². The van der Waals surface area contributed by atoms with Crippen molar-refractivity contribution in [3.63, 3.8) is 0 Å². The van der Waals surface area contributed by atoms with Crippen molar-refractivity contribution in [3.8, 4) is 0 Å². The lowest BCUT2D eigenvalue weighted by Gasteiger charge is -2.35. The number of aryl methyl sites for hydroxylation is 2. The number of hydrogen-bond donors (Lipinski definition) is 1. The van der Waals surface area contributed by atoms with Gasteiger partial charge >= 0.3 is 5.97 Å². The highest BCUT2D eigenvalue weighted by Crippen LogP contribution is 2.23. The highest BCUT2D eigenvalue weighted by atomic mass is 32.1. The Balaban J connectivity index is 2.78. The lowest BCUT2D eigenvalue weighted by molar-refractivity contribution is -0.137. The Morgan fingerprint density at radius 2 is 2.00 bits per heavy atom. The van der Waals surface area contributed by atoms with Gasteiger partial charge in [-0.05, 0) is 34.6 Å². The van der Waals surface area contributed by atoms with Crippen molar-refractivity contribution in [2.75, 3.05) is 6.54 Å². The molecule has 1 rings (SSSR count). The summed E-state index contributed by atoms with van der Waals surface area (Å²) in [7, 11) is 0. The van der Waals surface area contributed by atoms with Crippen LogP contribution in [0.1, 0.15) is 42.8 Å². The van der Waals surface area contributed by atoms with Crippen LogP contribution in [0.5, 0.6) is 0 Å². The van der Waals surface area contributed by atoms with Crippen molar-refractivity contribution in [1.82, 2.24) is 9.88 Å². The van der Waals surface area contributed by atoms with Gasteiger partial charge in [0.1, 0.15) is 0 Å². The molecule has 18 heavy (non-hydrogen) atoms. The molecular weight excluding hydrogens is 248 g/mol. The van der Waals surface area contributed by atoms with E-state index < -0.39 is 5.97 Å². The zero-order valence-corrected chi connectivity index (χ0v) is 12.6. The predicted molar refractivity (Wildman–Crippen MR) is 74.0 cm³/mol. The number of carboxylic acid groups (broad SMARTS) is 1. The van der Waals surface area contributed by atoms with Gasteiger partial charge in [-0.25, -0.2) is 4.98 Å². The van der Waals surface area contributed by atoms with Crippen LogP contribution in [0.25, 0.3) is 0 Å². The first-order valence-corrected chi connectivity index (χ1v) is 6.91. The van der Waals surface area contributed by atoms with Gasteiger partial charge in [0.25, 0.3) is 0 Å². The second-order valence-electron chi connectivity index (χ2n) is 5.48. The van der Waals surface area contributed by atoms with Crippen LogP contribution in [0.3, 0.4) is 0 Å². The molecule has 0 aromatic carbocycles. The molecule has 0 aliphatic carbocycles. The van der Waals surface area contributed by atoms with E-state index in [0.29, 0.717) is 6.54 Å². The van der Waals surface area contributed by atoms with E-state index in [1.165, 1.54) is 4.88 Å². The summed E-state index contributed by atoms with van der Waals surface area (Å²) in [5.74, 6) is -0.749. The zero-order valence-electron chi connectivity index (χ0n) is 11.8. The van der Waals surface area contributed by atoms with Crippen molar-refractivity contribution in [2.24, 2.45) is 0 Å². The largest absolute Gasteiger partial charge is 0.481 e. The van der Waals surface area contributed by atoms with E-state index >= 15 is 0 Å². The third-order valence-corrected chi connectivity index (χ3v) is 3.94. The summed E-state index contributed by atoms with van der Waals surface area (Å²) >= 11 is 1.69. The summed E-state index contributed by atoms with van der Waals surface area (Å²) in [6.07, 6.45) is 0.175. The zero-order chi connectivity index (χ0) is 13.9. The molecule has 4 nitrogen and oxygen atoms in total. The minimum absolute atomic E-state index is 0.0419. The maximum atomic E-state index is 10.7. The Hall–Kier alpha value is -0.940. The van der Waals surface area contributed by atoms with E-state index in [9.17, 15) is 4.79 Å². The van der Waals surface area contributed by atoms with Gasteiger partial charge in [-0.3, -0.25) is 9.69 Å². The molecule has 0 saturated carbocycles. The standard InChI is InChI=1S/C13H22N2O2S/c1-9-11(18-10(2)14-9)8-15(13(3,4)5)7-6-12(16)17/h6-8H2,1-5H3,(H,16,17). The number of carboxylic acids is 1. The summed E-state index contributed by atoms with van der Waals surface area (Å²) < 4.78 is 0. The highest BCUT2D eigenvalue weighted by Gasteiger charge is 2.23. The SMILES string of the molecule is Cc1nc(C)c(CN(CCC(=O)O)C(C)(C)C)s1. The highest BCUT2D eigenvalue weighted by molar-refractivity contribution is 7.11. The van der Waals surface area contributed by atoms with Crippen molar-refractivity contribution < 1.29 is 9.90 Å². The fourth-order valence-electron chi connectivity index (χ4n) is 1.78. The lowest BCUT2D eigenvalue weighted by Crippen LogP contribution is -2.41. The van der Waals surface area contributed by atoms with E-state index in [2.05, 4.69) is 30.7 Å². The molecule has 1 aromatic heterocycles. The first kappa shape index (κ1) is 15.1. The van der Waals surface area contributed by atoms with Crippen LogP contribution in [-0.2, 0) is 11.3 Å². The Bertz CT molecular complexity index is 421. The van der Waals surface area contributed by atoms with E-state index in [4.69, 9.17) is 5.11 Å². The van der Waals surface area contributed by atoms with E-state index in [0.717, 1.165) is 17.2 Å². The van der Waals surface area contributed by atoms with E-state index in [1.807, 2.05) is 13.8 Å². The molecule has 0 unspecified atom stereocenters. The lowest BCUT2D eigenvalue weighted by atomic mass is 10.1. The third-order valence-electron chi connectivity index (χ3n) is 2.88. The number of rotatable bonds is 5. The van der Waals surface area contributed by atoms with Crippen molar-refractivity contribution in [1.29, 1.82) is 0 Å². The summed E-state index contributed by atoms with van der Waals surface area (Å²) in [4.78, 5) is 18.6. The first-order chi connectivity index (χ1) is 8.20. The maximum Gasteiger partial charge on any atom is 0.304 e. The van der Waals surface area contributed by atoms with Gasteiger partial charge in [0, 0.05) is 23.5 Å². The molecule has 1 N–H and O–H groups in total. The molecular formula is C13H22N2O2S. The minimum Gasteiger partial charge on any atom is -0.481 e. The number of carbonyl (C=O) groups is 1. The average molecular weight is 270 g/mol. The Labute approximate surface area is 113 Å². The number of nitrogens with zero attached hydrogens (tertiary/aromatic N) is 2. The molecule has 0 aliphatic rings. The van der Waals surface area contributed by atoms with Gasteiger partial charge in [-0.15, -0.1) is 11.3 Å². The van der Waals surface area contributed by atoms with Crippen LogP contribution in [0, 0.1) is 13.8 Å². The fourth-order valence-corrected chi connectivity index (χ4v) is 2.73. The molecule has 0 bridgehead atoms. The van der Waals surface area contributed by atoms with Crippen LogP contribution in [0.2, 0.25) is 0 Å². The maximum absolute atomic E-state index is 10.7. The third kappa shape index (κ3) is 4.38. The van der Waals surface area contributed by atoms with Crippen LogP contribution >= 0.6 is 11.3 Å². The summed E-state index contributed by atoms with van der Waals surface area (Å²) in [6.45, 7) is 11.7. The number of aromatic nitrogens is 1. The minimum atomic E-state index is -0.749. The van der Waals surface area contributed by atoms with Gasteiger partial charge < -0.3 is 5.11 Å². The van der Waals surface area contributed by atoms with Gasteiger partial charge in [-0.1, -0.05) is 0 Å². The second kappa shape index (κ2) is 5.80. The molecule has 0 aliphatic heterocycles. The number of thiazole rings is 1. The smallest absolute Gasteiger partial charge is 0.304 e. The van der Waals surface area contributed by atoms with E-state index in [-0.39, 0.29) is 12.0 Å². The molecule has 5 heteroatoms. The van der Waals surface area contributed by atoms with Crippen LogP contribution in [0.15, 0.2) is 0 Å². The fraction of sp³-hybridized carbons (Fsp3) is 0.692. The number of hydrogen-bond acceptors (Lipinski definition) is 4. The van der Waals surface area contributed by atoms with Gasteiger partial charge in [0.2, 0.25) is 0 Å². The predicted octanol–water partition coefficient (Wildman–Crippen LogP) is 2.84. The molecule has 0 amide bonds.